The Hall–Kier alpha value is -3.22. The Bertz CT molecular complexity index is 1090. The molecule has 3 rings (SSSR count). The fourth-order valence-electron chi connectivity index (χ4n) is 3.29. The number of halogens is 2. The lowest BCUT2D eigenvalue weighted by Gasteiger charge is -2.29. The van der Waals surface area contributed by atoms with E-state index >= 15 is 0 Å². The molecule has 0 saturated heterocycles. The fourth-order valence-corrected chi connectivity index (χ4v) is 3.29. The van der Waals surface area contributed by atoms with Gasteiger partial charge >= 0.3 is 0 Å². The molecular weight excluding hydrogens is 376 g/mol. The summed E-state index contributed by atoms with van der Waals surface area (Å²) in [7, 11) is 1.95. The molecule has 0 unspecified atom stereocenters. The molecule has 1 aliphatic heterocycles. The Kier molecular flexibility index (Phi) is 5.68. The first-order chi connectivity index (χ1) is 13.7. The molecule has 2 aromatic rings. The zero-order valence-electron chi connectivity index (χ0n) is 16.9. The van der Waals surface area contributed by atoms with E-state index in [1.165, 1.54) is 0 Å². The number of likely N-dealkylation sites (N-methyl/N-ethyl adjacent to an activating group) is 1. The smallest absolute Gasteiger partial charge is 0.261 e. The van der Waals surface area contributed by atoms with Crippen LogP contribution in [0, 0.1) is 25.5 Å². The maximum Gasteiger partial charge on any atom is 0.261 e. The van der Waals surface area contributed by atoms with Gasteiger partial charge < -0.3 is 9.64 Å². The maximum absolute atomic E-state index is 13.8. The van der Waals surface area contributed by atoms with E-state index in [0.29, 0.717) is 17.0 Å². The van der Waals surface area contributed by atoms with Gasteiger partial charge in [-0.3, -0.25) is 14.3 Å². The molecule has 3 heterocycles. The zero-order valence-corrected chi connectivity index (χ0v) is 16.9. The van der Waals surface area contributed by atoms with Crippen LogP contribution in [0.3, 0.4) is 0 Å². The van der Waals surface area contributed by atoms with Crippen molar-refractivity contribution in [1.29, 1.82) is 0 Å². The second kappa shape index (κ2) is 8.03. The normalized spacial score (nSPS) is 16.3. The molecule has 152 valence electrons. The van der Waals surface area contributed by atoms with Crippen LogP contribution in [0.25, 0.3) is 5.70 Å². The highest BCUT2D eigenvalue weighted by Crippen LogP contribution is 2.26. The second-order valence-corrected chi connectivity index (χ2v) is 7.04. The number of pyridine rings is 2. The van der Waals surface area contributed by atoms with Crippen molar-refractivity contribution >= 4 is 5.70 Å². The molecule has 0 saturated carbocycles. The predicted octanol–water partition coefficient (Wildman–Crippen LogP) is 3.96. The van der Waals surface area contributed by atoms with Crippen molar-refractivity contribution in [3.05, 3.63) is 87.8 Å². The summed E-state index contributed by atoms with van der Waals surface area (Å²) < 4.78 is 34.1. The third-order valence-electron chi connectivity index (χ3n) is 4.92. The summed E-state index contributed by atoms with van der Waals surface area (Å²) in [5, 5.41) is 0. The second-order valence-electron chi connectivity index (χ2n) is 7.04. The quantitative estimate of drug-likeness (QED) is 0.714. The molecule has 0 radical (unpaired) electrons. The molecule has 0 aromatic carbocycles. The number of hydrogen-bond donors (Lipinski definition) is 0. The first-order valence-corrected chi connectivity index (χ1v) is 9.14. The maximum atomic E-state index is 13.8. The molecule has 1 atom stereocenters. The topological polar surface area (TPSA) is 47.4 Å². The highest BCUT2D eigenvalue weighted by Gasteiger charge is 2.20. The number of rotatable bonds is 5. The van der Waals surface area contributed by atoms with Crippen LogP contribution >= 0.6 is 0 Å². The molecule has 5 nitrogen and oxygen atoms in total. The molecular formula is C22H23F2N3O2. The Morgan fingerprint density at radius 2 is 2.00 bits per heavy atom. The molecule has 0 N–H and O–H groups in total. The van der Waals surface area contributed by atoms with Crippen molar-refractivity contribution in [1.82, 2.24) is 14.5 Å². The van der Waals surface area contributed by atoms with Crippen molar-refractivity contribution in [3.8, 4) is 5.75 Å². The van der Waals surface area contributed by atoms with Crippen LogP contribution in [0.15, 0.2) is 53.6 Å². The standard InChI is InChI=1S/C22H23F2N3O2/c1-6-17-9-20(13(2)11-26(17)5)27-14(3)7-21(15(4)22(27)28)29-12-19-18(24)8-16(23)10-25-19/h6-11,17H,1,12H2,2-5H3/t17-/m0/s1. The Labute approximate surface area is 168 Å². The molecule has 0 fully saturated rings. The Morgan fingerprint density at radius 3 is 2.66 bits per heavy atom. The van der Waals surface area contributed by atoms with E-state index in [0.717, 1.165) is 23.5 Å². The van der Waals surface area contributed by atoms with Crippen molar-refractivity contribution < 1.29 is 13.5 Å². The predicted molar refractivity (Wildman–Crippen MR) is 108 cm³/mol. The van der Waals surface area contributed by atoms with Crippen molar-refractivity contribution in [3.63, 3.8) is 0 Å². The SMILES string of the molecule is C=C[C@H]1C=C(n2c(C)cc(OCc3ncc(F)cc3F)c(C)c2=O)C(C)=CN1C. The summed E-state index contributed by atoms with van der Waals surface area (Å²) in [6, 6.07) is 2.45. The number of nitrogens with zero attached hydrogens (tertiary/aromatic N) is 3. The van der Waals surface area contributed by atoms with Gasteiger partial charge in [-0.1, -0.05) is 6.08 Å². The van der Waals surface area contributed by atoms with Crippen LogP contribution in [0.2, 0.25) is 0 Å². The van der Waals surface area contributed by atoms with Gasteiger partial charge in [0.25, 0.3) is 5.56 Å². The van der Waals surface area contributed by atoms with Crippen LogP contribution < -0.4 is 10.3 Å². The lowest BCUT2D eigenvalue weighted by molar-refractivity contribution is 0.290. The summed E-state index contributed by atoms with van der Waals surface area (Å²) in [6.07, 6.45) is 6.68. The highest BCUT2D eigenvalue weighted by molar-refractivity contribution is 5.67. The van der Waals surface area contributed by atoms with Gasteiger partial charge in [-0.25, -0.2) is 8.78 Å². The van der Waals surface area contributed by atoms with Gasteiger partial charge in [0.15, 0.2) is 5.82 Å². The van der Waals surface area contributed by atoms with E-state index in [2.05, 4.69) is 11.6 Å². The van der Waals surface area contributed by atoms with E-state index in [9.17, 15) is 13.6 Å². The first-order valence-electron chi connectivity index (χ1n) is 9.14. The van der Waals surface area contributed by atoms with Crippen LogP contribution in [-0.4, -0.2) is 27.5 Å². The molecule has 29 heavy (non-hydrogen) atoms. The lowest BCUT2D eigenvalue weighted by atomic mass is 10.1. The van der Waals surface area contributed by atoms with Gasteiger partial charge in [0.05, 0.1) is 23.5 Å². The van der Waals surface area contributed by atoms with Crippen molar-refractivity contribution in [2.45, 2.75) is 33.4 Å². The summed E-state index contributed by atoms with van der Waals surface area (Å²) in [6.45, 7) is 9.04. The number of hydrogen-bond acceptors (Lipinski definition) is 4. The van der Waals surface area contributed by atoms with Crippen LogP contribution in [-0.2, 0) is 6.61 Å². The van der Waals surface area contributed by atoms with E-state index in [1.807, 2.05) is 31.1 Å². The van der Waals surface area contributed by atoms with Gasteiger partial charge in [0.1, 0.15) is 23.9 Å². The van der Waals surface area contributed by atoms with E-state index in [-0.39, 0.29) is 23.9 Å². The number of aryl methyl sites for hydroxylation is 1. The van der Waals surface area contributed by atoms with E-state index < -0.39 is 11.6 Å². The fraction of sp³-hybridized carbons (Fsp3) is 0.273. The van der Waals surface area contributed by atoms with E-state index in [4.69, 9.17) is 4.74 Å². The summed E-state index contributed by atoms with van der Waals surface area (Å²) >= 11 is 0. The third-order valence-corrected chi connectivity index (χ3v) is 4.92. The van der Waals surface area contributed by atoms with Gasteiger partial charge in [-0.15, -0.1) is 6.58 Å². The minimum Gasteiger partial charge on any atom is -0.487 e. The Morgan fingerprint density at radius 1 is 1.28 bits per heavy atom. The average Bonchev–Trinajstić information content (AvgIpc) is 2.66. The summed E-state index contributed by atoms with van der Waals surface area (Å²) in [5.74, 6) is -1.21. The van der Waals surface area contributed by atoms with Gasteiger partial charge in [0.2, 0.25) is 0 Å². The zero-order chi connectivity index (χ0) is 21.3. The number of aromatic nitrogens is 2. The summed E-state index contributed by atoms with van der Waals surface area (Å²) in [4.78, 5) is 18.8. The van der Waals surface area contributed by atoms with Crippen LogP contribution in [0.4, 0.5) is 8.78 Å². The molecule has 7 heteroatoms. The molecule has 0 spiro atoms. The Balaban J connectivity index is 1.96. The molecule has 1 aliphatic rings. The van der Waals surface area contributed by atoms with Gasteiger partial charge in [-0.2, -0.15) is 0 Å². The number of ether oxygens (including phenoxy) is 1. The molecule has 2 aromatic heterocycles. The van der Waals surface area contributed by atoms with Gasteiger partial charge in [-0.05, 0) is 32.4 Å². The lowest BCUT2D eigenvalue weighted by Crippen LogP contribution is -2.31. The molecule has 0 amide bonds. The average molecular weight is 399 g/mol. The van der Waals surface area contributed by atoms with E-state index in [1.54, 1.807) is 30.6 Å². The van der Waals surface area contributed by atoms with Gasteiger partial charge in [0, 0.05) is 31.1 Å². The van der Waals surface area contributed by atoms with Crippen LogP contribution in [0.5, 0.6) is 5.75 Å². The highest BCUT2D eigenvalue weighted by atomic mass is 19.1. The molecule has 0 aliphatic carbocycles. The summed E-state index contributed by atoms with van der Waals surface area (Å²) in [5.41, 5.74) is 2.55. The number of allylic oxidation sites excluding steroid dienone is 2. The van der Waals surface area contributed by atoms with Crippen LogP contribution in [0.1, 0.15) is 23.9 Å². The third kappa shape index (κ3) is 3.99. The molecule has 0 bridgehead atoms. The van der Waals surface area contributed by atoms with Crippen molar-refractivity contribution in [2.24, 2.45) is 0 Å². The minimum absolute atomic E-state index is 0.0243. The monoisotopic (exact) mass is 399 g/mol. The minimum atomic E-state index is -0.791. The largest absolute Gasteiger partial charge is 0.487 e. The first kappa shape index (κ1) is 20.5. The van der Waals surface area contributed by atoms with Crippen molar-refractivity contribution in [2.75, 3.05) is 7.05 Å².